The van der Waals surface area contributed by atoms with E-state index in [-0.39, 0.29) is 17.5 Å². The predicted molar refractivity (Wildman–Crippen MR) is 258 cm³/mol. The molecule has 2 aliphatic heterocycles. The van der Waals surface area contributed by atoms with Gasteiger partial charge in [-0.1, -0.05) is 145 Å². The Morgan fingerprint density at radius 3 is 1.49 bits per heavy atom. The maximum atomic E-state index is 12.9. The smallest absolute Gasteiger partial charge is 0.218 e. The summed E-state index contributed by atoms with van der Waals surface area (Å²) in [5, 5.41) is 1.73. The minimum atomic E-state index is -3.36. The van der Waals surface area contributed by atoms with Crippen LogP contribution in [0, 0.1) is 13.8 Å². The third kappa shape index (κ3) is 13.2. The average Bonchev–Trinajstić information content (AvgIpc) is 3.96. The minimum absolute atomic E-state index is 0.00569. The van der Waals surface area contributed by atoms with Crippen molar-refractivity contribution < 1.29 is 16.8 Å². The van der Waals surface area contributed by atoms with Crippen molar-refractivity contribution in [3.63, 3.8) is 0 Å². The van der Waals surface area contributed by atoms with Gasteiger partial charge in [-0.3, -0.25) is 0 Å². The van der Waals surface area contributed by atoms with Crippen LogP contribution in [-0.4, -0.2) is 108 Å². The summed E-state index contributed by atoms with van der Waals surface area (Å²) in [6, 6.07) is 36.1. The Morgan fingerprint density at radius 1 is 0.571 bits per heavy atom. The molecule has 4 aromatic carbocycles. The van der Waals surface area contributed by atoms with Crippen LogP contribution in [0.4, 0.5) is 10.3 Å². The van der Waals surface area contributed by atoms with E-state index < -0.39 is 20.0 Å². The molecule has 63 heavy (non-hydrogen) atoms. The number of benzene rings is 4. The summed E-state index contributed by atoms with van der Waals surface area (Å²) in [4.78, 5) is 13.7. The Kier molecular flexibility index (Phi) is 15.7. The minimum Gasteiger partial charge on any atom is -0.344 e. The van der Waals surface area contributed by atoms with Crippen molar-refractivity contribution in [1.82, 2.24) is 27.3 Å². The number of anilines is 2. The molecular formula is C47H54N8O4S4. The molecule has 0 radical (unpaired) electrons. The number of aromatic nitrogens is 4. The van der Waals surface area contributed by atoms with Gasteiger partial charge in [-0.25, -0.2) is 26.8 Å². The van der Waals surface area contributed by atoms with E-state index in [0.29, 0.717) is 58.7 Å². The van der Waals surface area contributed by atoms with Gasteiger partial charge in [0.1, 0.15) is 11.6 Å². The number of piperazine rings is 2. The van der Waals surface area contributed by atoms with Crippen LogP contribution in [0.2, 0.25) is 0 Å². The number of nitrogens with zero attached hydrogens (tertiary/aromatic N) is 8. The van der Waals surface area contributed by atoms with Crippen molar-refractivity contribution in [2.24, 2.45) is 0 Å². The summed E-state index contributed by atoms with van der Waals surface area (Å²) >= 11 is 2.77. The molecular weight excluding hydrogens is 869 g/mol. The molecule has 2 saturated heterocycles. The highest BCUT2D eigenvalue weighted by Crippen LogP contribution is 2.25. The van der Waals surface area contributed by atoms with Crippen LogP contribution in [-0.2, 0) is 32.9 Å². The van der Waals surface area contributed by atoms with E-state index >= 15 is 0 Å². The van der Waals surface area contributed by atoms with Gasteiger partial charge in [-0.05, 0) is 43.0 Å². The van der Waals surface area contributed by atoms with E-state index in [0.717, 1.165) is 33.0 Å². The van der Waals surface area contributed by atoms with Crippen LogP contribution in [0.25, 0.3) is 12.2 Å². The third-order valence-corrected chi connectivity index (χ3v) is 16.1. The van der Waals surface area contributed by atoms with Crippen molar-refractivity contribution in [1.29, 1.82) is 0 Å². The summed E-state index contributed by atoms with van der Waals surface area (Å²) < 4.78 is 63.4. The molecule has 0 amide bonds. The fourth-order valence-electron chi connectivity index (χ4n) is 7.29. The molecule has 1 unspecified atom stereocenters. The highest BCUT2D eigenvalue weighted by atomic mass is 32.2. The van der Waals surface area contributed by atoms with Gasteiger partial charge in [-0.2, -0.15) is 17.4 Å². The van der Waals surface area contributed by atoms with E-state index in [9.17, 15) is 16.8 Å². The van der Waals surface area contributed by atoms with Crippen molar-refractivity contribution in [3.05, 3.63) is 166 Å². The summed E-state index contributed by atoms with van der Waals surface area (Å²) in [6.45, 7) is 9.97. The van der Waals surface area contributed by atoms with Gasteiger partial charge in [0.2, 0.25) is 30.3 Å². The Hall–Kier alpha value is -5.10. The van der Waals surface area contributed by atoms with Crippen LogP contribution in [0.15, 0.2) is 121 Å². The highest BCUT2D eigenvalue weighted by molar-refractivity contribution is 7.89. The van der Waals surface area contributed by atoms with E-state index in [2.05, 4.69) is 85.9 Å². The van der Waals surface area contributed by atoms with Gasteiger partial charge in [0.25, 0.3) is 0 Å². The lowest BCUT2D eigenvalue weighted by molar-refractivity contribution is 0.307. The molecule has 16 heteroatoms. The van der Waals surface area contributed by atoms with Crippen LogP contribution >= 0.6 is 23.1 Å². The second kappa shape index (κ2) is 21.5. The zero-order valence-corrected chi connectivity index (χ0v) is 39.2. The van der Waals surface area contributed by atoms with Crippen molar-refractivity contribution >= 4 is 65.5 Å². The average molecular weight is 923 g/mol. The first-order valence-corrected chi connectivity index (χ1v) is 25.8. The summed E-state index contributed by atoms with van der Waals surface area (Å²) in [7, 11) is -6.67. The van der Waals surface area contributed by atoms with Gasteiger partial charge in [0, 0.05) is 87.8 Å². The molecule has 2 fully saturated rings. The van der Waals surface area contributed by atoms with Crippen LogP contribution < -0.4 is 9.80 Å². The maximum absolute atomic E-state index is 12.9. The summed E-state index contributed by atoms with van der Waals surface area (Å²) in [5.74, 6) is 1.64. The number of hydrogen-bond donors (Lipinski definition) is 0. The van der Waals surface area contributed by atoms with Gasteiger partial charge in [0.15, 0.2) is 0 Å². The largest absolute Gasteiger partial charge is 0.344 e. The predicted octanol–water partition coefficient (Wildman–Crippen LogP) is 7.59. The molecule has 0 aliphatic carbocycles. The Labute approximate surface area is 380 Å². The molecule has 1 atom stereocenters. The van der Waals surface area contributed by atoms with E-state index in [1.54, 1.807) is 20.8 Å². The molecule has 6 aromatic rings. The second-order valence-corrected chi connectivity index (χ2v) is 21.2. The lowest BCUT2D eigenvalue weighted by Crippen LogP contribution is -2.54. The van der Waals surface area contributed by atoms with Gasteiger partial charge in [0.05, 0.1) is 11.5 Å². The second-order valence-electron chi connectivity index (χ2n) is 15.8. The fraction of sp³-hybridized carbons (Fsp3) is 0.319. The van der Waals surface area contributed by atoms with Gasteiger partial charge < -0.3 is 9.80 Å². The van der Waals surface area contributed by atoms with Crippen LogP contribution in [0.3, 0.4) is 0 Å². The lowest BCUT2D eigenvalue weighted by Gasteiger charge is -2.38. The number of aryl methyl sites for hydroxylation is 2. The topological polar surface area (TPSA) is 133 Å². The van der Waals surface area contributed by atoms with E-state index in [1.165, 1.54) is 45.3 Å². The molecule has 8 rings (SSSR count). The monoisotopic (exact) mass is 922 g/mol. The molecule has 0 N–H and O–H groups in total. The van der Waals surface area contributed by atoms with Crippen molar-refractivity contribution in [2.75, 3.05) is 67.1 Å². The standard InChI is InChI=1S/C24H28N4O2S2.C23H26N4O2S2/c1-19-10-12-22(13-11-19)17-23-25-24(31-26-23)27-14-15-28(20(2)18-27)32(29,30)16-6-9-21-7-4-3-5-8-21;1-19-9-11-21(12-10-19)18-22-24-23(30-25-22)26-13-15-27(16-14-26)31(28,29)17-5-8-20-6-3-2-4-7-20/h3-13,20H,14-18H2,1-2H3;2-12H,13-18H2,1H3. The first kappa shape index (κ1) is 45.9. The van der Waals surface area contributed by atoms with E-state index in [4.69, 9.17) is 4.98 Å². The molecule has 2 aromatic heterocycles. The number of hydrogen-bond acceptors (Lipinski definition) is 12. The third-order valence-electron chi connectivity index (χ3n) is 10.8. The zero-order valence-electron chi connectivity index (χ0n) is 35.9. The first-order valence-electron chi connectivity index (χ1n) is 21.1. The molecule has 2 aliphatic rings. The molecule has 12 nitrogen and oxygen atoms in total. The van der Waals surface area contributed by atoms with Gasteiger partial charge >= 0.3 is 0 Å². The molecule has 4 heterocycles. The van der Waals surface area contributed by atoms with Crippen LogP contribution in [0.5, 0.6) is 0 Å². The van der Waals surface area contributed by atoms with Crippen molar-refractivity contribution in [3.8, 4) is 0 Å². The zero-order chi connectivity index (χ0) is 44.2. The van der Waals surface area contributed by atoms with Gasteiger partial charge in [-0.15, -0.1) is 0 Å². The molecule has 0 saturated carbocycles. The molecule has 0 bridgehead atoms. The SMILES string of the molecule is Cc1ccc(Cc2nsc(N3CCN(S(=O)(=O)CC=Cc4ccccc4)C(C)C3)n2)cc1.Cc1ccc(Cc2nsc(N3CCN(S(=O)(=O)CC=Cc4ccccc4)CC3)n2)cc1. The van der Waals surface area contributed by atoms with Crippen molar-refractivity contribution in [2.45, 2.75) is 39.7 Å². The first-order chi connectivity index (χ1) is 30.4. The molecule has 330 valence electrons. The fourth-order valence-corrected chi connectivity index (χ4v) is 11.5. The highest BCUT2D eigenvalue weighted by Gasteiger charge is 2.33. The Morgan fingerprint density at radius 2 is 1.02 bits per heavy atom. The molecule has 0 spiro atoms. The van der Waals surface area contributed by atoms with E-state index in [1.807, 2.05) is 79.7 Å². The number of rotatable bonds is 14. The quantitative estimate of drug-likeness (QED) is 0.108. The normalized spacial score (nSPS) is 16.7. The lowest BCUT2D eigenvalue weighted by atomic mass is 10.1. The Bertz CT molecular complexity index is 2650. The maximum Gasteiger partial charge on any atom is 0.218 e. The summed E-state index contributed by atoms with van der Waals surface area (Å²) in [5.41, 5.74) is 6.85. The summed E-state index contributed by atoms with van der Waals surface area (Å²) in [6.07, 6.45) is 8.57. The number of sulfonamides is 2. The Balaban J connectivity index is 0.000000189. The van der Waals surface area contributed by atoms with Crippen LogP contribution in [0.1, 0.15) is 52.0 Å².